The molecule has 10 heteroatoms. The molecule has 10 nitrogen and oxygen atoms in total. The van der Waals surface area contributed by atoms with Crippen molar-refractivity contribution in [3.8, 4) is 22.6 Å². The van der Waals surface area contributed by atoms with Crippen LogP contribution in [0.15, 0.2) is 49.1 Å². The van der Waals surface area contributed by atoms with Crippen LogP contribution in [0.2, 0.25) is 0 Å². The normalized spacial score (nSPS) is 16.9. The van der Waals surface area contributed by atoms with E-state index in [1.807, 2.05) is 57.6 Å². The van der Waals surface area contributed by atoms with E-state index in [0.29, 0.717) is 5.95 Å². The van der Waals surface area contributed by atoms with E-state index in [1.54, 1.807) is 10.9 Å². The second-order valence-corrected chi connectivity index (χ2v) is 10.5. The van der Waals surface area contributed by atoms with Gasteiger partial charge in [-0.05, 0) is 51.1 Å². The van der Waals surface area contributed by atoms with E-state index in [4.69, 9.17) is 9.72 Å². The van der Waals surface area contributed by atoms with Gasteiger partial charge in [0.2, 0.25) is 5.95 Å². The molecule has 1 aromatic carbocycles. The Labute approximate surface area is 222 Å². The van der Waals surface area contributed by atoms with Crippen molar-refractivity contribution in [3.63, 3.8) is 0 Å². The van der Waals surface area contributed by atoms with Crippen molar-refractivity contribution in [1.82, 2.24) is 39.7 Å². The van der Waals surface area contributed by atoms with Gasteiger partial charge in [0.1, 0.15) is 11.4 Å². The van der Waals surface area contributed by atoms with Crippen LogP contribution < -0.4 is 10.1 Å². The Hall–Kier alpha value is -3.89. The molecule has 0 bridgehead atoms. The first-order chi connectivity index (χ1) is 18.4. The van der Waals surface area contributed by atoms with Gasteiger partial charge < -0.3 is 15.0 Å². The molecule has 5 heterocycles. The molecule has 0 saturated carbocycles. The average molecular weight is 512 g/mol. The van der Waals surface area contributed by atoms with Crippen molar-refractivity contribution in [2.75, 3.05) is 38.0 Å². The van der Waals surface area contributed by atoms with Gasteiger partial charge in [0.25, 0.3) is 0 Å². The molecule has 196 valence electrons. The number of benzene rings is 1. The molecule has 0 atom stereocenters. The van der Waals surface area contributed by atoms with E-state index >= 15 is 0 Å². The molecule has 2 aliphatic rings. The molecule has 0 unspecified atom stereocenters. The standard InChI is InChI=1S/C28H33N9O/c1-5-35-8-10-36(11-9-35)18-20-12-21(16-29-15-20)32-27-30-17-24-23-7-6-22(37-19(2)14-31-34-37)13-25(23)38-28(3,4)26(24)33-27/h6-7,12-17H,5,8-11,18H2,1-4H3,(H,30,32,33). The summed E-state index contributed by atoms with van der Waals surface area (Å²) >= 11 is 0. The predicted octanol–water partition coefficient (Wildman–Crippen LogP) is 3.94. The van der Waals surface area contributed by atoms with E-state index in [0.717, 1.165) is 78.9 Å². The van der Waals surface area contributed by atoms with Gasteiger partial charge >= 0.3 is 0 Å². The lowest BCUT2D eigenvalue weighted by molar-refractivity contribution is 0.100. The molecule has 0 radical (unpaired) electrons. The number of pyridine rings is 1. The van der Waals surface area contributed by atoms with Crippen LogP contribution in [0.1, 0.15) is 37.7 Å². The molecule has 1 saturated heterocycles. The summed E-state index contributed by atoms with van der Waals surface area (Å²) in [6.07, 6.45) is 7.36. The van der Waals surface area contributed by atoms with E-state index in [2.05, 4.69) is 48.4 Å². The highest BCUT2D eigenvalue weighted by Gasteiger charge is 2.35. The van der Waals surface area contributed by atoms with Crippen LogP contribution in [0.4, 0.5) is 11.6 Å². The number of aromatic nitrogens is 6. The summed E-state index contributed by atoms with van der Waals surface area (Å²) in [6, 6.07) is 8.17. The number of nitrogens with one attached hydrogen (secondary N) is 1. The predicted molar refractivity (Wildman–Crippen MR) is 146 cm³/mol. The fourth-order valence-corrected chi connectivity index (χ4v) is 5.21. The first-order valence-corrected chi connectivity index (χ1v) is 13.1. The summed E-state index contributed by atoms with van der Waals surface area (Å²) in [7, 11) is 0. The van der Waals surface area contributed by atoms with Gasteiger partial charge in [0, 0.05) is 62.3 Å². The summed E-state index contributed by atoms with van der Waals surface area (Å²) in [5, 5.41) is 11.5. The first-order valence-electron chi connectivity index (χ1n) is 13.1. The van der Waals surface area contributed by atoms with Crippen molar-refractivity contribution < 1.29 is 4.74 Å². The van der Waals surface area contributed by atoms with E-state index in [9.17, 15) is 0 Å². The molecule has 0 aliphatic carbocycles. The quantitative estimate of drug-likeness (QED) is 0.413. The minimum Gasteiger partial charge on any atom is -0.481 e. The minimum absolute atomic E-state index is 0.522. The van der Waals surface area contributed by atoms with Gasteiger partial charge in [-0.3, -0.25) is 9.88 Å². The Morgan fingerprint density at radius 3 is 2.55 bits per heavy atom. The van der Waals surface area contributed by atoms with Crippen LogP contribution in [0.25, 0.3) is 16.8 Å². The SMILES string of the molecule is CCN1CCN(Cc2cncc(Nc3ncc4c(n3)C(C)(C)Oc3cc(-n5nncc5C)ccc3-4)c2)CC1. The minimum atomic E-state index is -0.640. The fourth-order valence-electron chi connectivity index (χ4n) is 5.21. The maximum absolute atomic E-state index is 6.45. The van der Waals surface area contributed by atoms with Crippen LogP contribution in [0, 0.1) is 6.92 Å². The molecule has 1 fully saturated rings. The van der Waals surface area contributed by atoms with Gasteiger partial charge in [-0.2, -0.15) is 0 Å². The van der Waals surface area contributed by atoms with Crippen molar-refractivity contribution in [2.45, 2.75) is 39.8 Å². The monoisotopic (exact) mass is 511 g/mol. The summed E-state index contributed by atoms with van der Waals surface area (Å²) < 4.78 is 8.24. The maximum Gasteiger partial charge on any atom is 0.227 e. The second kappa shape index (κ2) is 9.77. The number of hydrogen-bond acceptors (Lipinski definition) is 9. The number of nitrogens with zero attached hydrogens (tertiary/aromatic N) is 8. The van der Waals surface area contributed by atoms with E-state index < -0.39 is 5.60 Å². The molecular formula is C28H33N9O. The molecule has 1 N–H and O–H groups in total. The molecule has 4 aromatic rings. The van der Waals surface area contributed by atoms with Gasteiger partial charge in [-0.15, -0.1) is 5.10 Å². The summed E-state index contributed by atoms with van der Waals surface area (Å²) in [6.45, 7) is 14.7. The number of fused-ring (bicyclic) bond motifs is 3. The number of anilines is 2. The van der Waals surface area contributed by atoms with Crippen molar-refractivity contribution >= 4 is 11.6 Å². The zero-order valence-electron chi connectivity index (χ0n) is 22.3. The third-order valence-corrected chi connectivity index (χ3v) is 7.31. The number of aryl methyl sites for hydroxylation is 1. The molecule has 6 rings (SSSR count). The summed E-state index contributed by atoms with van der Waals surface area (Å²) in [5.74, 6) is 1.30. The smallest absolute Gasteiger partial charge is 0.227 e. The van der Waals surface area contributed by atoms with Gasteiger partial charge in [0.15, 0.2) is 0 Å². The highest BCUT2D eigenvalue weighted by Crippen LogP contribution is 2.45. The number of hydrogen-bond donors (Lipinski definition) is 1. The summed E-state index contributed by atoms with van der Waals surface area (Å²) in [4.78, 5) is 19.0. The first kappa shape index (κ1) is 24.4. The Kier molecular flexibility index (Phi) is 6.29. The third-order valence-electron chi connectivity index (χ3n) is 7.31. The fraction of sp³-hybridized carbons (Fsp3) is 0.393. The molecule has 0 amide bonds. The summed E-state index contributed by atoms with van der Waals surface area (Å²) in [5.41, 5.74) is 6.02. The lowest BCUT2D eigenvalue weighted by Crippen LogP contribution is -2.45. The van der Waals surface area contributed by atoms with E-state index in [-0.39, 0.29) is 0 Å². The van der Waals surface area contributed by atoms with Gasteiger partial charge in [-0.1, -0.05) is 12.1 Å². The molecule has 38 heavy (non-hydrogen) atoms. The number of rotatable bonds is 6. The average Bonchev–Trinajstić information content (AvgIpc) is 3.35. The van der Waals surface area contributed by atoms with E-state index in [1.165, 1.54) is 5.56 Å². The van der Waals surface area contributed by atoms with Crippen molar-refractivity contribution in [3.05, 3.63) is 66.0 Å². The van der Waals surface area contributed by atoms with Crippen LogP contribution in [-0.4, -0.2) is 72.5 Å². The van der Waals surface area contributed by atoms with Crippen molar-refractivity contribution in [2.24, 2.45) is 0 Å². The van der Waals surface area contributed by atoms with Gasteiger partial charge in [-0.25, -0.2) is 14.6 Å². The highest BCUT2D eigenvalue weighted by molar-refractivity contribution is 5.76. The van der Waals surface area contributed by atoms with Crippen LogP contribution >= 0.6 is 0 Å². The number of piperazine rings is 1. The van der Waals surface area contributed by atoms with Crippen molar-refractivity contribution in [1.29, 1.82) is 0 Å². The van der Waals surface area contributed by atoms with Crippen LogP contribution in [0.3, 0.4) is 0 Å². The van der Waals surface area contributed by atoms with Crippen LogP contribution in [-0.2, 0) is 12.1 Å². The Morgan fingerprint density at radius 2 is 1.79 bits per heavy atom. The van der Waals surface area contributed by atoms with Crippen LogP contribution in [0.5, 0.6) is 5.75 Å². The number of ether oxygens (including phenoxy) is 1. The molecule has 2 aliphatic heterocycles. The number of likely N-dealkylation sites (N-methyl/N-ethyl adjacent to an activating group) is 1. The molecule has 0 spiro atoms. The third kappa shape index (κ3) is 4.72. The maximum atomic E-state index is 6.45. The highest BCUT2D eigenvalue weighted by atomic mass is 16.5. The second-order valence-electron chi connectivity index (χ2n) is 10.5. The zero-order valence-corrected chi connectivity index (χ0v) is 22.3. The lowest BCUT2D eigenvalue weighted by atomic mass is 9.91. The Balaban J connectivity index is 1.23. The Bertz CT molecular complexity index is 1460. The largest absolute Gasteiger partial charge is 0.481 e. The lowest BCUT2D eigenvalue weighted by Gasteiger charge is -2.34. The Morgan fingerprint density at radius 1 is 0.974 bits per heavy atom. The molecular weight excluding hydrogens is 478 g/mol. The zero-order chi connectivity index (χ0) is 26.3. The van der Waals surface area contributed by atoms with Gasteiger partial charge in [0.05, 0.1) is 35.2 Å². The molecule has 3 aromatic heterocycles. The topological polar surface area (TPSA) is 97.1 Å².